The van der Waals surface area contributed by atoms with Gasteiger partial charge in [0.25, 0.3) is 11.6 Å². The Balaban J connectivity index is 3.06. The molecule has 0 aliphatic rings. The predicted octanol–water partition coefficient (Wildman–Crippen LogP) is 3.88. The van der Waals surface area contributed by atoms with Crippen LogP contribution >= 0.6 is 27.5 Å². The first-order valence-corrected chi connectivity index (χ1v) is 7.53. The molecule has 0 atom stereocenters. The average molecular weight is 364 g/mol. The first-order chi connectivity index (χ1) is 9.37. The highest BCUT2D eigenvalue weighted by Gasteiger charge is 2.28. The second-order valence-corrected chi connectivity index (χ2v) is 5.71. The van der Waals surface area contributed by atoms with E-state index in [0.29, 0.717) is 23.2 Å². The molecule has 0 saturated carbocycles. The summed E-state index contributed by atoms with van der Waals surface area (Å²) in [4.78, 5) is 22.5. The second-order valence-electron chi connectivity index (χ2n) is 4.53. The van der Waals surface area contributed by atoms with Gasteiger partial charge in [-0.2, -0.15) is 0 Å². The van der Waals surface area contributed by atoms with Crippen molar-refractivity contribution >= 4 is 39.1 Å². The zero-order valence-electron chi connectivity index (χ0n) is 11.3. The molecule has 1 rings (SSSR count). The van der Waals surface area contributed by atoms with E-state index in [4.69, 9.17) is 11.6 Å². The summed E-state index contributed by atoms with van der Waals surface area (Å²) < 4.78 is 0.487. The number of rotatable bonds is 6. The molecule has 1 N–H and O–H groups in total. The van der Waals surface area contributed by atoms with Gasteiger partial charge in [0, 0.05) is 28.0 Å². The highest BCUT2D eigenvalue weighted by atomic mass is 79.9. The van der Waals surface area contributed by atoms with E-state index < -0.39 is 10.5 Å². The zero-order valence-corrected chi connectivity index (χ0v) is 13.6. The smallest absolute Gasteiger partial charge is 0.271 e. The third-order valence-electron chi connectivity index (χ3n) is 3.34. The molecule has 7 heteroatoms. The highest BCUT2D eigenvalue weighted by Crippen LogP contribution is 2.23. The molecule has 0 saturated heterocycles. The summed E-state index contributed by atoms with van der Waals surface area (Å²) in [5.74, 6) is -0.0688. The number of hydrogen-bond donors (Lipinski definition) is 1. The van der Waals surface area contributed by atoms with Gasteiger partial charge in [-0.25, -0.2) is 0 Å². The summed E-state index contributed by atoms with van der Waals surface area (Å²) in [6.07, 6.45) is 1.38. The summed E-state index contributed by atoms with van der Waals surface area (Å²) in [6, 6.07) is 4.16. The van der Waals surface area contributed by atoms with E-state index in [1.807, 2.05) is 13.8 Å². The average Bonchev–Trinajstić information content (AvgIpc) is 2.44. The topological polar surface area (TPSA) is 72.2 Å². The fraction of sp³-hybridized carbons (Fsp3) is 0.462. The Kier molecular flexibility index (Phi) is 5.95. The van der Waals surface area contributed by atoms with Crippen molar-refractivity contribution in [2.75, 3.05) is 5.88 Å². The lowest BCUT2D eigenvalue weighted by atomic mass is 9.94. The molecule has 110 valence electrons. The fourth-order valence-electron chi connectivity index (χ4n) is 1.77. The van der Waals surface area contributed by atoms with Crippen molar-refractivity contribution in [2.45, 2.75) is 32.2 Å². The lowest BCUT2D eigenvalue weighted by Crippen LogP contribution is -2.49. The standard InChI is InChI=1S/C13H16BrClN2O3/c1-3-13(4-2,8-15)16-12(18)9-5-10(14)7-11(6-9)17(19)20/h5-7H,3-4,8H2,1-2H3,(H,16,18). The van der Waals surface area contributed by atoms with Crippen LogP contribution in [0, 0.1) is 10.1 Å². The number of carbonyl (C=O) groups is 1. The Hall–Kier alpha value is -1.14. The van der Waals surface area contributed by atoms with Crippen LogP contribution in [0.3, 0.4) is 0 Å². The number of amides is 1. The van der Waals surface area contributed by atoms with Crippen molar-refractivity contribution in [1.82, 2.24) is 5.32 Å². The summed E-state index contributed by atoms with van der Waals surface area (Å²) >= 11 is 9.11. The molecule has 20 heavy (non-hydrogen) atoms. The Morgan fingerprint density at radius 1 is 1.40 bits per heavy atom. The first kappa shape index (κ1) is 16.9. The van der Waals surface area contributed by atoms with E-state index in [2.05, 4.69) is 21.2 Å². The van der Waals surface area contributed by atoms with Crippen molar-refractivity contribution < 1.29 is 9.72 Å². The number of nitrogens with one attached hydrogen (secondary N) is 1. The maximum absolute atomic E-state index is 12.3. The van der Waals surface area contributed by atoms with E-state index in [9.17, 15) is 14.9 Å². The minimum absolute atomic E-state index is 0.131. The van der Waals surface area contributed by atoms with Gasteiger partial charge in [0.1, 0.15) is 0 Å². The molecule has 0 bridgehead atoms. The Morgan fingerprint density at radius 3 is 2.45 bits per heavy atom. The summed E-state index contributed by atoms with van der Waals surface area (Å²) in [6.45, 7) is 3.88. The number of nitrogens with zero attached hydrogens (tertiary/aromatic N) is 1. The van der Waals surface area contributed by atoms with E-state index >= 15 is 0 Å². The van der Waals surface area contributed by atoms with Crippen molar-refractivity contribution in [1.29, 1.82) is 0 Å². The van der Waals surface area contributed by atoms with Gasteiger partial charge < -0.3 is 5.32 Å². The number of nitro groups is 1. The zero-order chi connectivity index (χ0) is 15.3. The molecular weight excluding hydrogens is 348 g/mol. The Labute approximate surface area is 131 Å². The number of benzene rings is 1. The van der Waals surface area contributed by atoms with E-state index in [1.165, 1.54) is 12.1 Å². The SMILES string of the molecule is CCC(CC)(CCl)NC(=O)c1cc(Br)cc([N+](=O)[O-])c1. The summed E-state index contributed by atoms with van der Waals surface area (Å²) in [5, 5.41) is 13.7. The Morgan fingerprint density at radius 2 is 2.00 bits per heavy atom. The first-order valence-electron chi connectivity index (χ1n) is 6.21. The Bertz CT molecular complexity index is 510. The number of nitro benzene ring substituents is 1. The molecule has 0 aromatic heterocycles. The molecule has 1 aromatic carbocycles. The van der Waals surface area contributed by atoms with Crippen molar-refractivity contribution in [3.63, 3.8) is 0 Å². The number of alkyl halides is 1. The van der Waals surface area contributed by atoms with Crippen LogP contribution in [0.5, 0.6) is 0 Å². The molecule has 0 fully saturated rings. The molecule has 0 aliphatic carbocycles. The summed E-state index contributed by atoms with van der Waals surface area (Å²) in [7, 11) is 0. The molecule has 1 amide bonds. The molecule has 0 aliphatic heterocycles. The van der Waals surface area contributed by atoms with Crippen LogP contribution in [0.1, 0.15) is 37.0 Å². The molecule has 5 nitrogen and oxygen atoms in total. The van der Waals surface area contributed by atoms with Crippen LogP contribution in [0.2, 0.25) is 0 Å². The van der Waals surface area contributed by atoms with Gasteiger partial charge >= 0.3 is 0 Å². The van der Waals surface area contributed by atoms with Gasteiger partial charge in [-0.3, -0.25) is 14.9 Å². The third kappa shape index (κ3) is 3.93. The maximum Gasteiger partial charge on any atom is 0.271 e. The minimum atomic E-state index is -0.532. The predicted molar refractivity (Wildman–Crippen MR) is 82.3 cm³/mol. The van der Waals surface area contributed by atoms with Gasteiger partial charge in [0.05, 0.1) is 10.5 Å². The quantitative estimate of drug-likeness (QED) is 0.473. The van der Waals surface area contributed by atoms with Crippen LogP contribution < -0.4 is 5.32 Å². The molecule has 0 radical (unpaired) electrons. The van der Waals surface area contributed by atoms with E-state index in [0.717, 1.165) is 0 Å². The van der Waals surface area contributed by atoms with Crippen molar-refractivity contribution in [2.24, 2.45) is 0 Å². The number of hydrogen-bond acceptors (Lipinski definition) is 3. The summed E-state index contributed by atoms with van der Waals surface area (Å²) in [5.41, 5.74) is -0.383. The normalized spacial score (nSPS) is 11.2. The monoisotopic (exact) mass is 362 g/mol. The van der Waals surface area contributed by atoms with Gasteiger partial charge in [0.2, 0.25) is 0 Å². The number of halogens is 2. The van der Waals surface area contributed by atoms with Crippen LogP contribution in [-0.2, 0) is 0 Å². The van der Waals surface area contributed by atoms with Crippen LogP contribution in [0.25, 0.3) is 0 Å². The van der Waals surface area contributed by atoms with E-state index in [-0.39, 0.29) is 17.2 Å². The fourth-order valence-corrected chi connectivity index (χ4v) is 2.70. The molecule has 0 heterocycles. The molecular formula is C13H16BrClN2O3. The third-order valence-corrected chi connectivity index (χ3v) is 4.31. The van der Waals surface area contributed by atoms with Gasteiger partial charge in [-0.1, -0.05) is 29.8 Å². The maximum atomic E-state index is 12.3. The second kappa shape index (κ2) is 7.04. The van der Waals surface area contributed by atoms with Crippen molar-refractivity contribution in [3.8, 4) is 0 Å². The lowest BCUT2D eigenvalue weighted by Gasteiger charge is -2.30. The van der Waals surface area contributed by atoms with Crippen LogP contribution in [-0.4, -0.2) is 22.2 Å². The van der Waals surface area contributed by atoms with Gasteiger partial charge in [-0.15, -0.1) is 11.6 Å². The number of non-ortho nitro benzene ring substituents is 1. The van der Waals surface area contributed by atoms with Gasteiger partial charge in [0.15, 0.2) is 0 Å². The lowest BCUT2D eigenvalue weighted by molar-refractivity contribution is -0.385. The van der Waals surface area contributed by atoms with E-state index in [1.54, 1.807) is 6.07 Å². The molecule has 1 aromatic rings. The molecule has 0 unspecified atom stereocenters. The minimum Gasteiger partial charge on any atom is -0.345 e. The molecule has 0 spiro atoms. The van der Waals surface area contributed by atoms with Crippen LogP contribution in [0.15, 0.2) is 22.7 Å². The van der Waals surface area contributed by atoms with Crippen LogP contribution in [0.4, 0.5) is 5.69 Å². The number of carbonyl (C=O) groups excluding carboxylic acids is 1. The largest absolute Gasteiger partial charge is 0.345 e. The highest BCUT2D eigenvalue weighted by molar-refractivity contribution is 9.10. The van der Waals surface area contributed by atoms with Crippen molar-refractivity contribution in [3.05, 3.63) is 38.3 Å². The van der Waals surface area contributed by atoms with Gasteiger partial charge in [-0.05, 0) is 18.9 Å².